The van der Waals surface area contributed by atoms with Gasteiger partial charge in [0.05, 0.1) is 9.83 Å². The minimum atomic E-state index is -0.877. The molecule has 6 heteroatoms. The van der Waals surface area contributed by atoms with Gasteiger partial charge in [0.1, 0.15) is 0 Å². The zero-order chi connectivity index (χ0) is 12.4. The average molecular weight is 319 g/mol. The molecular weight excluding hydrogens is 310 g/mol. The fourth-order valence-electron chi connectivity index (χ4n) is 1.55. The summed E-state index contributed by atoms with van der Waals surface area (Å²) >= 11 is 4.73. The molecule has 3 N–H and O–H groups in total. The lowest BCUT2D eigenvalue weighted by molar-refractivity contribution is 0.484. The Morgan fingerprint density at radius 3 is 2.59 bits per heavy atom. The number of halogens is 3. The van der Waals surface area contributed by atoms with Crippen molar-refractivity contribution in [2.45, 2.75) is 6.04 Å². The molecule has 17 heavy (non-hydrogen) atoms. The van der Waals surface area contributed by atoms with E-state index in [1.807, 2.05) is 12.1 Å². The van der Waals surface area contributed by atoms with E-state index in [4.69, 9.17) is 5.84 Å². The maximum absolute atomic E-state index is 13.7. The zero-order valence-corrected chi connectivity index (χ0v) is 11.0. The van der Waals surface area contributed by atoms with Crippen molar-refractivity contribution in [3.63, 3.8) is 0 Å². The van der Waals surface area contributed by atoms with E-state index < -0.39 is 17.7 Å². The fraction of sp³-hybridized carbons (Fsp3) is 0.0909. The van der Waals surface area contributed by atoms with Crippen LogP contribution in [-0.2, 0) is 0 Å². The van der Waals surface area contributed by atoms with E-state index in [0.29, 0.717) is 0 Å². The van der Waals surface area contributed by atoms with Crippen molar-refractivity contribution in [1.29, 1.82) is 0 Å². The third-order valence-electron chi connectivity index (χ3n) is 2.34. The highest BCUT2D eigenvalue weighted by molar-refractivity contribution is 9.11. The third-order valence-corrected chi connectivity index (χ3v) is 4.03. The van der Waals surface area contributed by atoms with Crippen molar-refractivity contribution < 1.29 is 8.78 Å². The SMILES string of the molecule is NNC(c1ccc(Br)s1)c1cccc(F)c1F. The number of benzene rings is 1. The van der Waals surface area contributed by atoms with Gasteiger partial charge < -0.3 is 0 Å². The number of rotatable bonds is 3. The van der Waals surface area contributed by atoms with E-state index in [1.165, 1.54) is 23.5 Å². The first-order valence-electron chi connectivity index (χ1n) is 4.78. The van der Waals surface area contributed by atoms with Crippen LogP contribution in [0.1, 0.15) is 16.5 Å². The molecule has 1 aromatic heterocycles. The second kappa shape index (κ2) is 5.22. The first kappa shape index (κ1) is 12.6. The molecule has 1 aromatic carbocycles. The van der Waals surface area contributed by atoms with Gasteiger partial charge in [0.25, 0.3) is 0 Å². The van der Waals surface area contributed by atoms with Crippen molar-refractivity contribution in [2.75, 3.05) is 0 Å². The molecule has 1 heterocycles. The topological polar surface area (TPSA) is 38.0 Å². The molecule has 2 nitrogen and oxygen atoms in total. The van der Waals surface area contributed by atoms with Crippen LogP contribution in [0.4, 0.5) is 8.78 Å². The van der Waals surface area contributed by atoms with Gasteiger partial charge in [0.2, 0.25) is 0 Å². The monoisotopic (exact) mass is 318 g/mol. The predicted octanol–water partition coefficient (Wildman–Crippen LogP) is 3.34. The highest BCUT2D eigenvalue weighted by Crippen LogP contribution is 2.32. The Hall–Kier alpha value is -0.820. The maximum Gasteiger partial charge on any atom is 0.164 e. The summed E-state index contributed by atoms with van der Waals surface area (Å²) < 4.78 is 27.7. The number of nitrogens with two attached hydrogens (primary N) is 1. The Morgan fingerprint density at radius 1 is 1.24 bits per heavy atom. The van der Waals surface area contributed by atoms with Crippen LogP contribution in [0.25, 0.3) is 0 Å². The molecule has 0 bridgehead atoms. The zero-order valence-electron chi connectivity index (χ0n) is 8.58. The molecule has 0 saturated heterocycles. The van der Waals surface area contributed by atoms with Crippen molar-refractivity contribution in [3.8, 4) is 0 Å². The molecule has 0 amide bonds. The molecule has 0 aliphatic rings. The summed E-state index contributed by atoms with van der Waals surface area (Å²) in [7, 11) is 0. The standard InChI is InChI=1S/C11H9BrF2N2S/c12-9-5-4-8(17-9)11(16-15)6-2-1-3-7(13)10(6)14/h1-5,11,16H,15H2. The molecular formula is C11H9BrF2N2S. The van der Waals surface area contributed by atoms with Gasteiger partial charge >= 0.3 is 0 Å². The van der Waals surface area contributed by atoms with Crippen molar-refractivity contribution >= 4 is 27.3 Å². The van der Waals surface area contributed by atoms with Crippen LogP contribution >= 0.6 is 27.3 Å². The van der Waals surface area contributed by atoms with Gasteiger partial charge in [-0.2, -0.15) is 0 Å². The molecule has 2 rings (SSSR count). The molecule has 0 spiro atoms. The van der Waals surface area contributed by atoms with Crippen LogP contribution in [-0.4, -0.2) is 0 Å². The lowest BCUT2D eigenvalue weighted by Gasteiger charge is -2.15. The van der Waals surface area contributed by atoms with Crippen LogP contribution in [0.5, 0.6) is 0 Å². The van der Waals surface area contributed by atoms with Crippen LogP contribution in [0.2, 0.25) is 0 Å². The molecule has 90 valence electrons. The average Bonchev–Trinajstić information content (AvgIpc) is 2.72. The van der Waals surface area contributed by atoms with E-state index >= 15 is 0 Å². The Bertz CT molecular complexity index is 530. The van der Waals surface area contributed by atoms with Gasteiger partial charge in [-0.25, -0.2) is 14.2 Å². The van der Waals surface area contributed by atoms with Gasteiger partial charge in [-0.05, 0) is 34.1 Å². The molecule has 0 fully saturated rings. The molecule has 0 radical (unpaired) electrons. The van der Waals surface area contributed by atoms with E-state index in [1.54, 1.807) is 0 Å². The molecule has 0 aliphatic heterocycles. The minimum absolute atomic E-state index is 0.196. The summed E-state index contributed by atoms with van der Waals surface area (Å²) in [6, 6.07) is 7.14. The summed E-state index contributed by atoms with van der Waals surface area (Å²) in [4.78, 5) is 0.809. The lowest BCUT2D eigenvalue weighted by atomic mass is 10.1. The quantitative estimate of drug-likeness (QED) is 0.673. The van der Waals surface area contributed by atoms with Gasteiger partial charge in [0.15, 0.2) is 11.6 Å². The smallest absolute Gasteiger partial charge is 0.164 e. The highest BCUT2D eigenvalue weighted by atomic mass is 79.9. The van der Waals surface area contributed by atoms with Crippen LogP contribution in [0.3, 0.4) is 0 Å². The molecule has 2 aromatic rings. The molecule has 1 unspecified atom stereocenters. The first-order valence-corrected chi connectivity index (χ1v) is 6.39. The maximum atomic E-state index is 13.7. The summed E-state index contributed by atoms with van der Waals surface area (Å²) in [6.45, 7) is 0. The number of hydrogen-bond donors (Lipinski definition) is 2. The van der Waals surface area contributed by atoms with E-state index in [0.717, 1.165) is 14.7 Å². The van der Waals surface area contributed by atoms with E-state index in [-0.39, 0.29) is 5.56 Å². The predicted molar refractivity (Wildman–Crippen MR) is 67.5 cm³/mol. The summed E-state index contributed by atoms with van der Waals surface area (Å²) in [5, 5.41) is 0. The summed E-state index contributed by atoms with van der Waals surface area (Å²) in [5.74, 6) is 3.67. The fourth-order valence-corrected chi connectivity index (χ4v) is 3.06. The normalized spacial score (nSPS) is 12.7. The van der Waals surface area contributed by atoms with Crippen LogP contribution < -0.4 is 11.3 Å². The minimum Gasteiger partial charge on any atom is -0.271 e. The van der Waals surface area contributed by atoms with Gasteiger partial charge in [0, 0.05) is 10.4 Å². The molecule has 0 saturated carbocycles. The number of nitrogens with one attached hydrogen (secondary N) is 1. The van der Waals surface area contributed by atoms with Crippen LogP contribution in [0, 0.1) is 11.6 Å². The number of thiophene rings is 1. The third kappa shape index (κ3) is 2.55. The first-order chi connectivity index (χ1) is 8.13. The molecule has 0 aliphatic carbocycles. The van der Waals surface area contributed by atoms with Crippen LogP contribution in [0.15, 0.2) is 34.1 Å². The largest absolute Gasteiger partial charge is 0.271 e. The summed E-state index contributed by atoms with van der Waals surface area (Å²) in [6.07, 6.45) is 0. The Morgan fingerprint density at radius 2 is 2.00 bits per heavy atom. The van der Waals surface area contributed by atoms with Crippen molar-refractivity contribution in [2.24, 2.45) is 5.84 Å². The number of hydrazine groups is 1. The Labute approximate surface area is 110 Å². The second-order valence-corrected chi connectivity index (χ2v) is 5.88. The lowest BCUT2D eigenvalue weighted by Crippen LogP contribution is -2.29. The van der Waals surface area contributed by atoms with E-state index in [9.17, 15) is 8.78 Å². The van der Waals surface area contributed by atoms with E-state index in [2.05, 4.69) is 21.4 Å². The van der Waals surface area contributed by atoms with Crippen molar-refractivity contribution in [1.82, 2.24) is 5.43 Å². The Balaban J connectivity index is 2.45. The number of hydrogen-bond acceptors (Lipinski definition) is 3. The molecule has 1 atom stereocenters. The summed E-state index contributed by atoms with van der Waals surface area (Å²) in [5.41, 5.74) is 2.70. The van der Waals surface area contributed by atoms with Crippen molar-refractivity contribution in [3.05, 3.63) is 56.2 Å². The van der Waals surface area contributed by atoms with Gasteiger partial charge in [-0.1, -0.05) is 12.1 Å². The van der Waals surface area contributed by atoms with Gasteiger partial charge in [-0.15, -0.1) is 11.3 Å². The Kier molecular flexibility index (Phi) is 3.88. The van der Waals surface area contributed by atoms with Gasteiger partial charge in [-0.3, -0.25) is 5.84 Å². The second-order valence-electron chi connectivity index (χ2n) is 3.38. The highest BCUT2D eigenvalue weighted by Gasteiger charge is 2.20.